The summed E-state index contributed by atoms with van der Waals surface area (Å²) in [6, 6.07) is 0. The van der Waals surface area contributed by atoms with Crippen molar-refractivity contribution in [1.82, 2.24) is 4.57 Å². The summed E-state index contributed by atoms with van der Waals surface area (Å²) < 4.78 is 4.16. The Hall–Kier alpha value is -2.26. The van der Waals surface area contributed by atoms with Crippen LogP contribution in [-0.4, -0.2) is 10.7 Å². The van der Waals surface area contributed by atoms with Crippen LogP contribution in [0.3, 0.4) is 0 Å². The minimum atomic E-state index is -2.04. The maximum Gasteiger partial charge on any atom is 0.296 e. The van der Waals surface area contributed by atoms with Gasteiger partial charge in [-0.3, -0.25) is 0 Å². The molecule has 1 aromatic heterocycles. The van der Waals surface area contributed by atoms with Crippen LogP contribution < -0.4 is 4.57 Å². The standard InChI is InChI=1S/C6H11N2.C4H3BN3/c1-3-8-5-4-7(2)6-8;1-5(2-6,3-7)4-8/h4-6H,3H2,1-2H3;1H3/q+1;-1. The molecule has 0 unspecified atom stereocenters. The number of imidazole rings is 1. The molecule has 0 fully saturated rings. The molecule has 0 aliphatic heterocycles. The second-order valence-electron chi connectivity index (χ2n) is 3.60. The summed E-state index contributed by atoms with van der Waals surface area (Å²) in [5.74, 6) is 4.85. The molecule has 0 amide bonds. The fourth-order valence-corrected chi connectivity index (χ4v) is 0.775. The van der Waals surface area contributed by atoms with Crippen LogP contribution in [0.4, 0.5) is 0 Å². The third kappa shape index (κ3) is 4.31. The van der Waals surface area contributed by atoms with Crippen LogP contribution in [0.15, 0.2) is 18.7 Å². The van der Waals surface area contributed by atoms with E-state index in [0.717, 1.165) is 6.54 Å². The highest BCUT2D eigenvalue weighted by molar-refractivity contribution is 6.98. The molecule has 6 heteroatoms. The summed E-state index contributed by atoms with van der Waals surface area (Å²) in [4.78, 5) is 0. The van der Waals surface area contributed by atoms with Gasteiger partial charge in [-0.25, -0.2) is 24.9 Å². The molecule has 0 saturated carbocycles. The molecule has 1 rings (SSSR count). The van der Waals surface area contributed by atoms with Crippen LogP contribution in [0.25, 0.3) is 0 Å². The number of nitrogens with zero attached hydrogens (tertiary/aromatic N) is 5. The monoisotopic (exact) mass is 215 g/mol. The molecule has 0 N–H and O–H groups in total. The third-order valence-corrected chi connectivity index (χ3v) is 1.96. The zero-order valence-electron chi connectivity index (χ0n) is 9.75. The lowest BCUT2D eigenvalue weighted by atomic mass is 9.31. The Balaban J connectivity index is 0.000000281. The van der Waals surface area contributed by atoms with Gasteiger partial charge in [0.1, 0.15) is 12.4 Å². The zero-order valence-corrected chi connectivity index (χ0v) is 9.75. The summed E-state index contributed by atoms with van der Waals surface area (Å²) in [7, 11) is 2.02. The predicted molar refractivity (Wildman–Crippen MR) is 59.7 cm³/mol. The van der Waals surface area contributed by atoms with E-state index in [1.54, 1.807) is 17.9 Å². The molecule has 82 valence electrons. The number of aryl methyl sites for hydroxylation is 2. The van der Waals surface area contributed by atoms with E-state index in [-0.39, 0.29) is 0 Å². The Kier molecular flexibility index (Phi) is 5.39. The molecule has 0 atom stereocenters. The molecule has 5 nitrogen and oxygen atoms in total. The van der Waals surface area contributed by atoms with Crippen LogP contribution >= 0.6 is 0 Å². The average Bonchev–Trinajstić information content (AvgIpc) is 2.75. The summed E-state index contributed by atoms with van der Waals surface area (Å²) >= 11 is 0. The van der Waals surface area contributed by atoms with Gasteiger partial charge in [0, 0.05) is 0 Å². The maximum absolute atomic E-state index is 8.12. The number of hydrogen-bond acceptors (Lipinski definition) is 3. The lowest BCUT2D eigenvalue weighted by Gasteiger charge is -2.01. The van der Waals surface area contributed by atoms with Crippen LogP contribution in [0.1, 0.15) is 6.92 Å². The Bertz CT molecular complexity index is 421. The first kappa shape index (κ1) is 13.7. The number of rotatable bonds is 1. The van der Waals surface area contributed by atoms with E-state index >= 15 is 0 Å². The summed E-state index contributed by atoms with van der Waals surface area (Å²) in [5, 5.41) is 24.4. The molecule has 1 heterocycles. The zero-order chi connectivity index (χ0) is 12.6. The molecule has 0 aliphatic rings. The second kappa shape index (κ2) is 6.27. The van der Waals surface area contributed by atoms with Crippen LogP contribution in [0.2, 0.25) is 6.82 Å². The van der Waals surface area contributed by atoms with E-state index in [1.807, 2.05) is 17.8 Å². The van der Waals surface area contributed by atoms with Crippen LogP contribution in [-0.2, 0) is 13.6 Å². The molecule has 0 aromatic carbocycles. The first-order chi connectivity index (χ1) is 7.51. The Morgan fingerprint density at radius 1 is 1.25 bits per heavy atom. The Labute approximate surface area is 95.7 Å². The highest BCUT2D eigenvalue weighted by Crippen LogP contribution is 1.93. The van der Waals surface area contributed by atoms with Gasteiger partial charge in [0.2, 0.25) is 6.33 Å². The molecule has 1 aromatic rings. The van der Waals surface area contributed by atoms with Gasteiger partial charge in [-0.2, -0.15) is 6.82 Å². The smallest absolute Gasteiger partial charge is 0.247 e. The molecular weight excluding hydrogens is 201 g/mol. The van der Waals surface area contributed by atoms with Gasteiger partial charge in [-0.05, 0) is 6.92 Å². The minimum Gasteiger partial charge on any atom is -0.247 e. The van der Waals surface area contributed by atoms with E-state index in [9.17, 15) is 0 Å². The van der Waals surface area contributed by atoms with Gasteiger partial charge in [0.05, 0.1) is 13.6 Å². The molecule has 0 spiro atoms. The molecular formula is C10H14BN5. The van der Waals surface area contributed by atoms with Crippen molar-refractivity contribution in [3.05, 3.63) is 18.7 Å². The van der Waals surface area contributed by atoms with Crippen molar-refractivity contribution >= 4 is 6.15 Å². The van der Waals surface area contributed by atoms with Crippen molar-refractivity contribution in [3.63, 3.8) is 0 Å². The lowest BCUT2D eigenvalue weighted by molar-refractivity contribution is -0.671. The topological polar surface area (TPSA) is 80.2 Å². The number of hydrogen-bond donors (Lipinski definition) is 0. The van der Waals surface area contributed by atoms with Crippen molar-refractivity contribution in [2.24, 2.45) is 7.05 Å². The molecule has 0 radical (unpaired) electrons. The number of nitriles is 3. The normalized spacial score (nSPS) is 9.00. The van der Waals surface area contributed by atoms with Crippen molar-refractivity contribution < 1.29 is 4.57 Å². The molecule has 0 aliphatic carbocycles. The van der Waals surface area contributed by atoms with Crippen molar-refractivity contribution in [2.45, 2.75) is 20.3 Å². The maximum atomic E-state index is 8.12. The van der Waals surface area contributed by atoms with Crippen molar-refractivity contribution in [1.29, 1.82) is 15.8 Å². The van der Waals surface area contributed by atoms with Crippen molar-refractivity contribution in [2.75, 3.05) is 0 Å². The average molecular weight is 215 g/mol. The summed E-state index contributed by atoms with van der Waals surface area (Å²) in [5.41, 5.74) is 0. The SMILES string of the molecule is CCn1cc[n+](C)c1.C[B-](C#N)(C#N)C#N. The third-order valence-electron chi connectivity index (χ3n) is 1.96. The van der Waals surface area contributed by atoms with Crippen molar-refractivity contribution in [3.8, 4) is 17.9 Å². The Morgan fingerprint density at radius 3 is 1.88 bits per heavy atom. The molecule has 0 bridgehead atoms. The fraction of sp³-hybridized carbons (Fsp3) is 0.400. The van der Waals surface area contributed by atoms with Crippen LogP contribution in [0, 0.1) is 33.7 Å². The minimum absolute atomic E-state index is 1.06. The van der Waals surface area contributed by atoms with E-state index in [0.29, 0.717) is 0 Å². The van der Waals surface area contributed by atoms with Gasteiger partial charge in [0.15, 0.2) is 0 Å². The highest BCUT2D eigenvalue weighted by atomic mass is 15.1. The van der Waals surface area contributed by atoms with E-state index in [4.69, 9.17) is 15.8 Å². The largest absolute Gasteiger partial charge is 0.296 e. The Morgan fingerprint density at radius 2 is 1.75 bits per heavy atom. The van der Waals surface area contributed by atoms with E-state index < -0.39 is 6.15 Å². The molecule has 16 heavy (non-hydrogen) atoms. The predicted octanol–water partition coefficient (Wildman–Crippen LogP) is 0.586. The molecule has 0 saturated heterocycles. The van der Waals surface area contributed by atoms with Crippen LogP contribution in [0.5, 0.6) is 0 Å². The van der Waals surface area contributed by atoms with Gasteiger partial charge in [-0.15, -0.1) is 17.9 Å². The second-order valence-corrected chi connectivity index (χ2v) is 3.60. The number of aromatic nitrogens is 2. The van der Waals surface area contributed by atoms with E-state index in [2.05, 4.69) is 24.0 Å². The van der Waals surface area contributed by atoms with E-state index in [1.165, 1.54) is 6.82 Å². The van der Waals surface area contributed by atoms with Gasteiger partial charge in [-0.1, -0.05) is 0 Å². The summed E-state index contributed by atoms with van der Waals surface area (Å²) in [6.07, 6.45) is 4.10. The quantitative estimate of drug-likeness (QED) is 0.507. The van der Waals surface area contributed by atoms with Gasteiger partial charge < -0.3 is 0 Å². The summed E-state index contributed by atoms with van der Waals surface area (Å²) in [6.45, 7) is 4.51. The van der Waals surface area contributed by atoms with Gasteiger partial charge in [0.25, 0.3) is 6.15 Å². The first-order valence-electron chi connectivity index (χ1n) is 4.95. The fourth-order valence-electron chi connectivity index (χ4n) is 0.775. The highest BCUT2D eigenvalue weighted by Gasteiger charge is 2.15. The van der Waals surface area contributed by atoms with Gasteiger partial charge >= 0.3 is 0 Å². The first-order valence-corrected chi connectivity index (χ1v) is 4.95. The lowest BCUT2D eigenvalue weighted by Crippen LogP contribution is -2.23.